The largest absolute Gasteiger partial charge is 0.376 e. The Labute approximate surface area is 158 Å². The van der Waals surface area contributed by atoms with E-state index in [1.165, 1.54) is 10.6 Å². The number of nitrogens with zero attached hydrogens (tertiary/aromatic N) is 6. The van der Waals surface area contributed by atoms with E-state index in [2.05, 4.69) is 20.2 Å². The molecule has 0 N–H and O–H groups in total. The molecule has 0 aromatic carbocycles. The minimum absolute atomic E-state index is 0.153. The lowest BCUT2D eigenvalue weighted by atomic mass is 10.2. The third kappa shape index (κ3) is 3.40. The number of piperazine rings is 1. The highest BCUT2D eigenvalue weighted by Gasteiger charge is 2.29. The maximum Gasteiger partial charge on any atom is 0.376 e. The van der Waals surface area contributed by atoms with Crippen molar-refractivity contribution in [1.29, 1.82) is 0 Å². The zero-order chi connectivity index (χ0) is 19.0. The van der Waals surface area contributed by atoms with E-state index in [-0.39, 0.29) is 5.82 Å². The fraction of sp³-hybridized carbons (Fsp3) is 0.353. The summed E-state index contributed by atoms with van der Waals surface area (Å²) in [5.41, 5.74) is 0.325. The predicted molar refractivity (Wildman–Crippen MR) is 102 cm³/mol. The predicted octanol–water partition coefficient (Wildman–Crippen LogP) is 1.69. The molecule has 0 aliphatic carbocycles. The third-order valence-electron chi connectivity index (χ3n) is 4.60. The molecule has 4 heterocycles. The van der Waals surface area contributed by atoms with Crippen molar-refractivity contribution in [2.75, 3.05) is 31.1 Å². The van der Waals surface area contributed by atoms with Crippen LogP contribution in [-0.4, -0.2) is 50.4 Å². The van der Waals surface area contributed by atoms with Gasteiger partial charge in [0.15, 0.2) is 0 Å². The van der Waals surface area contributed by atoms with Gasteiger partial charge in [-0.3, -0.25) is 24.2 Å². The summed E-state index contributed by atoms with van der Waals surface area (Å²) in [6.07, 6.45) is 1.50. The first-order valence-corrected chi connectivity index (χ1v) is 9.45. The van der Waals surface area contributed by atoms with E-state index in [1.54, 1.807) is 29.5 Å². The Balaban J connectivity index is 1.59. The van der Waals surface area contributed by atoms with E-state index in [9.17, 15) is 14.9 Å². The summed E-state index contributed by atoms with van der Waals surface area (Å²) in [7, 11) is 0. The van der Waals surface area contributed by atoms with Crippen molar-refractivity contribution in [3.63, 3.8) is 0 Å². The van der Waals surface area contributed by atoms with Crippen LogP contribution in [0.25, 0.3) is 5.65 Å². The Morgan fingerprint density at radius 3 is 2.67 bits per heavy atom. The number of thiazole rings is 1. The molecule has 0 unspecified atom stereocenters. The first kappa shape index (κ1) is 17.6. The molecule has 1 aliphatic heterocycles. The van der Waals surface area contributed by atoms with Gasteiger partial charge >= 0.3 is 11.2 Å². The van der Waals surface area contributed by atoms with Gasteiger partial charge in [-0.05, 0) is 19.1 Å². The van der Waals surface area contributed by atoms with E-state index in [1.807, 2.05) is 11.8 Å². The molecule has 9 nitrogen and oxygen atoms in total. The molecule has 140 valence electrons. The maximum absolute atomic E-state index is 12.6. The monoisotopic (exact) mass is 386 g/mol. The highest BCUT2D eigenvalue weighted by atomic mass is 32.1. The normalized spacial score (nSPS) is 15.4. The van der Waals surface area contributed by atoms with Gasteiger partial charge in [-0.15, -0.1) is 11.3 Å². The van der Waals surface area contributed by atoms with Crippen LogP contribution in [0.4, 0.5) is 11.5 Å². The fourth-order valence-electron chi connectivity index (χ4n) is 3.28. The average molecular weight is 386 g/mol. The van der Waals surface area contributed by atoms with Crippen LogP contribution < -0.4 is 10.5 Å². The first-order chi connectivity index (χ1) is 13.0. The standard InChI is InChI=1S/C17H18N6O3S/c1-12-18-13(11-27-12)10-20-6-8-21(9-7-20)16-15(23(25)26)17(24)22-5-3-2-4-14(22)19-16/h2-5,11H,6-10H2,1H3. The molecule has 0 saturated carbocycles. The van der Waals surface area contributed by atoms with E-state index >= 15 is 0 Å². The topological polar surface area (TPSA) is 96.9 Å². The van der Waals surface area contributed by atoms with Gasteiger partial charge in [-0.2, -0.15) is 0 Å². The molecular weight excluding hydrogens is 368 g/mol. The summed E-state index contributed by atoms with van der Waals surface area (Å²) in [5, 5.41) is 14.6. The number of pyridine rings is 1. The molecule has 1 fully saturated rings. The molecule has 0 radical (unpaired) electrons. The minimum Gasteiger partial charge on any atom is -0.348 e. The quantitative estimate of drug-likeness (QED) is 0.497. The number of aromatic nitrogens is 3. The lowest BCUT2D eigenvalue weighted by Crippen LogP contribution is -2.47. The van der Waals surface area contributed by atoms with Crippen molar-refractivity contribution in [2.45, 2.75) is 13.5 Å². The summed E-state index contributed by atoms with van der Waals surface area (Å²) in [6, 6.07) is 5.08. The van der Waals surface area contributed by atoms with Crippen LogP contribution in [-0.2, 0) is 6.54 Å². The Kier molecular flexibility index (Phi) is 4.58. The second kappa shape index (κ2) is 7.05. The van der Waals surface area contributed by atoms with Crippen molar-refractivity contribution in [1.82, 2.24) is 19.3 Å². The van der Waals surface area contributed by atoms with Crippen molar-refractivity contribution in [3.8, 4) is 0 Å². The molecule has 3 aromatic rings. The van der Waals surface area contributed by atoms with Crippen LogP contribution in [0.15, 0.2) is 34.6 Å². The highest BCUT2D eigenvalue weighted by molar-refractivity contribution is 7.09. The van der Waals surface area contributed by atoms with Gasteiger partial charge in [0.25, 0.3) is 0 Å². The van der Waals surface area contributed by atoms with E-state index in [0.29, 0.717) is 18.7 Å². The lowest BCUT2D eigenvalue weighted by molar-refractivity contribution is -0.385. The number of anilines is 1. The summed E-state index contributed by atoms with van der Waals surface area (Å²) in [5.74, 6) is 0.153. The number of hydrogen-bond donors (Lipinski definition) is 0. The van der Waals surface area contributed by atoms with Crippen LogP contribution in [0.3, 0.4) is 0 Å². The minimum atomic E-state index is -0.652. The molecular formula is C17H18N6O3S. The SMILES string of the molecule is Cc1nc(CN2CCN(c3nc4ccccn4c(=O)c3[N+](=O)[O-])CC2)cs1. The van der Waals surface area contributed by atoms with Crippen LogP contribution in [0.2, 0.25) is 0 Å². The first-order valence-electron chi connectivity index (χ1n) is 8.57. The van der Waals surface area contributed by atoms with Gasteiger partial charge in [0, 0.05) is 44.3 Å². The van der Waals surface area contributed by atoms with Crippen LogP contribution in [0, 0.1) is 17.0 Å². The van der Waals surface area contributed by atoms with Crippen molar-refractivity contribution in [2.24, 2.45) is 0 Å². The molecule has 0 amide bonds. The molecule has 1 saturated heterocycles. The van der Waals surface area contributed by atoms with Crippen LogP contribution >= 0.6 is 11.3 Å². The number of rotatable bonds is 4. The zero-order valence-corrected chi connectivity index (χ0v) is 15.6. The average Bonchev–Trinajstić information content (AvgIpc) is 3.06. The third-order valence-corrected chi connectivity index (χ3v) is 5.42. The Hall–Kier alpha value is -2.85. The second-order valence-corrected chi connectivity index (χ2v) is 7.46. The molecule has 0 spiro atoms. The van der Waals surface area contributed by atoms with E-state index < -0.39 is 16.2 Å². The Morgan fingerprint density at radius 2 is 2.00 bits per heavy atom. The second-order valence-electron chi connectivity index (χ2n) is 6.40. The van der Waals surface area contributed by atoms with Crippen LogP contribution in [0.1, 0.15) is 10.7 Å². The molecule has 4 rings (SSSR count). The van der Waals surface area contributed by atoms with Crippen molar-refractivity contribution < 1.29 is 4.92 Å². The highest BCUT2D eigenvalue weighted by Crippen LogP contribution is 2.24. The van der Waals surface area contributed by atoms with Gasteiger partial charge in [-0.25, -0.2) is 9.97 Å². The molecule has 10 heteroatoms. The van der Waals surface area contributed by atoms with Gasteiger partial charge in [-0.1, -0.05) is 6.07 Å². The summed E-state index contributed by atoms with van der Waals surface area (Å²) in [4.78, 5) is 36.5. The lowest BCUT2D eigenvalue weighted by Gasteiger charge is -2.34. The van der Waals surface area contributed by atoms with Gasteiger partial charge in [0.1, 0.15) is 5.65 Å². The zero-order valence-electron chi connectivity index (χ0n) is 14.7. The maximum atomic E-state index is 12.6. The summed E-state index contributed by atoms with van der Waals surface area (Å²) in [6.45, 7) is 5.33. The fourth-order valence-corrected chi connectivity index (χ4v) is 3.88. The molecule has 3 aromatic heterocycles. The number of aryl methyl sites for hydroxylation is 1. The molecule has 0 bridgehead atoms. The molecule has 27 heavy (non-hydrogen) atoms. The van der Waals surface area contributed by atoms with E-state index in [0.717, 1.165) is 30.3 Å². The smallest absolute Gasteiger partial charge is 0.348 e. The van der Waals surface area contributed by atoms with Crippen molar-refractivity contribution >= 4 is 28.5 Å². The Morgan fingerprint density at radius 1 is 1.22 bits per heavy atom. The molecule has 0 atom stereocenters. The van der Waals surface area contributed by atoms with Gasteiger partial charge < -0.3 is 4.90 Å². The summed E-state index contributed by atoms with van der Waals surface area (Å²) >= 11 is 1.63. The number of nitro groups is 1. The van der Waals surface area contributed by atoms with Gasteiger partial charge in [0.2, 0.25) is 5.82 Å². The van der Waals surface area contributed by atoms with E-state index in [4.69, 9.17) is 0 Å². The molecule has 1 aliphatic rings. The van der Waals surface area contributed by atoms with Crippen molar-refractivity contribution in [3.05, 3.63) is 60.9 Å². The van der Waals surface area contributed by atoms with Crippen LogP contribution in [0.5, 0.6) is 0 Å². The number of fused-ring (bicyclic) bond motifs is 1. The Bertz CT molecular complexity index is 1050. The number of hydrogen-bond acceptors (Lipinski definition) is 8. The van der Waals surface area contributed by atoms with Gasteiger partial charge in [0.05, 0.1) is 15.6 Å². The summed E-state index contributed by atoms with van der Waals surface area (Å²) < 4.78 is 1.21.